The first kappa shape index (κ1) is 29.6. The first-order chi connectivity index (χ1) is 19.7. The average Bonchev–Trinajstić information content (AvgIpc) is 2.95. The molecule has 0 atom stereocenters. The number of hydrogen-bond donors (Lipinski definition) is 3. The summed E-state index contributed by atoms with van der Waals surface area (Å²) in [6.07, 6.45) is 1.57. The Balaban J connectivity index is 1.45. The molecule has 2 aliphatic heterocycles. The van der Waals surface area contributed by atoms with Gasteiger partial charge in [-0.3, -0.25) is 28.5 Å². The van der Waals surface area contributed by atoms with Gasteiger partial charge in [-0.25, -0.2) is 0 Å². The molecule has 0 spiro atoms. The number of ether oxygens (including phenoxy) is 1. The maximum Gasteiger partial charge on any atom is 0.257 e. The number of nitrogens with zero attached hydrogens (tertiary/aromatic N) is 3. The van der Waals surface area contributed by atoms with Crippen LogP contribution in [0.15, 0.2) is 47.4 Å². The van der Waals surface area contributed by atoms with Crippen molar-refractivity contribution in [3.8, 4) is 11.8 Å². The van der Waals surface area contributed by atoms with Crippen LogP contribution in [0.4, 0.5) is 0 Å². The number of aryl methyl sites for hydroxylation is 1. The van der Waals surface area contributed by atoms with E-state index in [4.69, 9.17) is 16.3 Å². The number of aromatic nitrogens is 1. The molecular weight excluding hydrogens is 564 g/mol. The van der Waals surface area contributed by atoms with Crippen LogP contribution in [0.5, 0.6) is 0 Å². The Hall–Kier alpha value is -2.88. The second kappa shape index (κ2) is 13.0. The third-order valence-corrected chi connectivity index (χ3v) is 9.37. The maximum absolute atomic E-state index is 13.7. The summed E-state index contributed by atoms with van der Waals surface area (Å²) in [6.45, 7) is 5.52. The molecule has 1 aromatic heterocycles. The molecule has 2 saturated heterocycles. The van der Waals surface area contributed by atoms with Crippen molar-refractivity contribution in [2.75, 3.05) is 57.4 Å². The molecule has 0 bridgehead atoms. The molecule has 41 heavy (non-hydrogen) atoms. The fourth-order valence-electron chi connectivity index (χ4n) is 5.12. The first-order valence-corrected chi connectivity index (χ1v) is 15.9. The molecule has 2 fully saturated rings. The van der Waals surface area contributed by atoms with Crippen molar-refractivity contribution in [2.24, 2.45) is 7.05 Å². The Morgan fingerprint density at radius 3 is 2.46 bits per heavy atom. The molecule has 3 N–H and O–H groups in total. The summed E-state index contributed by atoms with van der Waals surface area (Å²) in [5, 5.41) is 3.92. The van der Waals surface area contributed by atoms with Crippen LogP contribution in [0.1, 0.15) is 27.0 Å². The summed E-state index contributed by atoms with van der Waals surface area (Å²) < 4.78 is 27.1. The summed E-state index contributed by atoms with van der Waals surface area (Å²) >= 11 is 5.96. The molecule has 2 aliphatic rings. The van der Waals surface area contributed by atoms with Gasteiger partial charge in [0.25, 0.3) is 5.91 Å². The highest BCUT2D eigenvalue weighted by Gasteiger charge is 2.22. The van der Waals surface area contributed by atoms with Gasteiger partial charge >= 0.3 is 0 Å². The number of halogens is 1. The van der Waals surface area contributed by atoms with Crippen molar-refractivity contribution in [3.63, 3.8) is 0 Å². The van der Waals surface area contributed by atoms with Crippen molar-refractivity contribution in [1.29, 1.82) is 0 Å². The van der Waals surface area contributed by atoms with Gasteiger partial charge in [-0.15, -0.1) is 0 Å². The van der Waals surface area contributed by atoms with E-state index in [-0.39, 0.29) is 17.5 Å². The van der Waals surface area contributed by atoms with Crippen LogP contribution in [0.25, 0.3) is 10.9 Å². The van der Waals surface area contributed by atoms with Crippen molar-refractivity contribution in [3.05, 3.63) is 80.1 Å². The quantitative estimate of drug-likeness (QED) is 0.374. The lowest BCUT2D eigenvalue weighted by atomic mass is 10.0. The van der Waals surface area contributed by atoms with Crippen molar-refractivity contribution in [1.82, 2.24) is 19.7 Å². The summed E-state index contributed by atoms with van der Waals surface area (Å²) in [5.74, 6) is 6.80. The minimum atomic E-state index is -2.46. The van der Waals surface area contributed by atoms with E-state index in [1.165, 1.54) is 0 Å². The first-order valence-electron chi connectivity index (χ1n) is 13.6. The molecule has 0 saturated carbocycles. The van der Waals surface area contributed by atoms with Gasteiger partial charge < -0.3 is 14.6 Å². The maximum atomic E-state index is 13.7. The highest BCUT2D eigenvalue weighted by molar-refractivity contribution is 8.24. The number of morpholine rings is 1. The molecular formula is C30H35ClN4O5S. The van der Waals surface area contributed by atoms with E-state index in [0.717, 1.165) is 29.8 Å². The van der Waals surface area contributed by atoms with Gasteiger partial charge in [0.2, 0.25) is 5.43 Å². The number of hydrogen-bond acceptors (Lipinski definition) is 7. The van der Waals surface area contributed by atoms with Gasteiger partial charge in [0.05, 0.1) is 36.8 Å². The molecule has 0 unspecified atom stereocenters. The summed E-state index contributed by atoms with van der Waals surface area (Å²) in [7, 11) is -0.645. The zero-order chi connectivity index (χ0) is 29.0. The normalized spacial score (nSPS) is 18.4. The predicted octanol–water partition coefficient (Wildman–Crippen LogP) is 3.37. The Kier molecular flexibility index (Phi) is 9.36. The highest BCUT2D eigenvalue weighted by atomic mass is 35.5. The van der Waals surface area contributed by atoms with E-state index in [1.54, 1.807) is 22.9 Å². The number of pyridine rings is 1. The Morgan fingerprint density at radius 2 is 1.76 bits per heavy atom. The third kappa shape index (κ3) is 7.50. The van der Waals surface area contributed by atoms with Gasteiger partial charge in [-0.05, 0) is 35.4 Å². The third-order valence-electron chi connectivity index (χ3n) is 7.45. The monoisotopic (exact) mass is 598 g/mol. The lowest BCUT2D eigenvalue weighted by Gasteiger charge is -2.40. The molecule has 9 nitrogen and oxygen atoms in total. The number of amides is 1. The van der Waals surface area contributed by atoms with Crippen LogP contribution in [0, 0.1) is 11.8 Å². The molecule has 1 amide bonds. The molecule has 5 rings (SSSR count). The van der Waals surface area contributed by atoms with Crippen LogP contribution in [0.2, 0.25) is 5.02 Å². The highest BCUT2D eigenvalue weighted by Crippen LogP contribution is 2.40. The van der Waals surface area contributed by atoms with Crippen LogP contribution in [-0.4, -0.2) is 86.8 Å². The van der Waals surface area contributed by atoms with E-state index in [1.807, 2.05) is 31.3 Å². The standard InChI is InChI=1S/C30H35ClN4O5S/c1-33-21-27(30(37)32-19-22-4-6-25(31)7-5-22)29(36)26-18-23(20-35-9-13-40-14-10-35)17-24(28(26)33)3-2-8-34-11-15-41(38,39)16-12-34/h4-7,17-18,21,38-39H,8-16,19-20H2,1H3,(H,32,37). The minimum Gasteiger partial charge on any atom is -0.379 e. The molecule has 0 aliphatic carbocycles. The largest absolute Gasteiger partial charge is 0.379 e. The van der Waals surface area contributed by atoms with E-state index in [0.29, 0.717) is 66.8 Å². The lowest BCUT2D eigenvalue weighted by Crippen LogP contribution is -2.38. The van der Waals surface area contributed by atoms with Crippen LogP contribution in [0.3, 0.4) is 0 Å². The average molecular weight is 599 g/mol. The molecule has 11 heteroatoms. The van der Waals surface area contributed by atoms with E-state index >= 15 is 0 Å². The van der Waals surface area contributed by atoms with Gasteiger partial charge in [0, 0.05) is 68.5 Å². The smallest absolute Gasteiger partial charge is 0.257 e. The van der Waals surface area contributed by atoms with Crippen LogP contribution in [-0.2, 0) is 24.9 Å². The summed E-state index contributed by atoms with van der Waals surface area (Å²) in [5.41, 5.74) is 2.97. The number of carbonyl (C=O) groups excluding carboxylic acids is 1. The van der Waals surface area contributed by atoms with Crippen LogP contribution < -0.4 is 10.7 Å². The second-order valence-electron chi connectivity index (χ2n) is 10.5. The minimum absolute atomic E-state index is 0.0729. The van der Waals surface area contributed by atoms with Crippen molar-refractivity contribution < 1.29 is 18.6 Å². The fourth-order valence-corrected chi connectivity index (χ4v) is 6.56. The van der Waals surface area contributed by atoms with Crippen LogP contribution >= 0.6 is 22.2 Å². The van der Waals surface area contributed by atoms with Gasteiger partial charge in [0.1, 0.15) is 5.56 Å². The number of nitrogens with one attached hydrogen (secondary N) is 1. The zero-order valence-electron chi connectivity index (χ0n) is 23.1. The number of fused-ring (bicyclic) bond motifs is 1. The Bertz CT molecular complexity index is 1530. The number of rotatable bonds is 6. The topological polar surface area (TPSA) is 107 Å². The van der Waals surface area contributed by atoms with Gasteiger partial charge in [-0.1, -0.05) is 35.6 Å². The summed E-state index contributed by atoms with van der Waals surface area (Å²) in [4.78, 5) is 31.3. The lowest BCUT2D eigenvalue weighted by molar-refractivity contribution is 0.0342. The van der Waals surface area contributed by atoms with Gasteiger partial charge in [-0.2, -0.15) is 10.6 Å². The number of benzene rings is 2. The fraction of sp³-hybridized carbons (Fsp3) is 0.400. The second-order valence-corrected chi connectivity index (χ2v) is 13.4. The Morgan fingerprint density at radius 1 is 1.05 bits per heavy atom. The number of carbonyl (C=O) groups is 1. The molecule has 3 heterocycles. The Labute approximate surface area is 246 Å². The molecule has 218 valence electrons. The molecule has 0 radical (unpaired) electrons. The van der Waals surface area contributed by atoms with Crippen molar-refractivity contribution >= 4 is 39.0 Å². The molecule has 3 aromatic rings. The van der Waals surface area contributed by atoms with Crippen molar-refractivity contribution in [2.45, 2.75) is 13.1 Å². The predicted molar refractivity (Wildman–Crippen MR) is 164 cm³/mol. The SMILES string of the molecule is Cn1cc(C(=O)NCc2ccc(Cl)cc2)c(=O)c2cc(CN3CCOCC3)cc(C#CCN3CCS(O)(O)CC3)c21. The van der Waals surface area contributed by atoms with E-state index in [9.17, 15) is 18.7 Å². The molecule has 2 aromatic carbocycles. The zero-order valence-corrected chi connectivity index (χ0v) is 24.6. The summed E-state index contributed by atoms with van der Waals surface area (Å²) in [6, 6.07) is 11.1. The van der Waals surface area contributed by atoms with E-state index in [2.05, 4.69) is 27.0 Å². The van der Waals surface area contributed by atoms with Gasteiger partial charge in [0.15, 0.2) is 0 Å². The van der Waals surface area contributed by atoms with E-state index < -0.39 is 16.5 Å².